The van der Waals surface area contributed by atoms with Crippen molar-refractivity contribution in [3.63, 3.8) is 0 Å². The second kappa shape index (κ2) is 5.04. The Bertz CT molecular complexity index is 318. The van der Waals surface area contributed by atoms with Crippen LogP contribution in [-0.2, 0) is 14.3 Å². The monoisotopic (exact) mass is 241 g/mol. The maximum absolute atomic E-state index is 11.7. The number of hydrogen-bond donors (Lipinski definition) is 2. The lowest BCUT2D eigenvalue weighted by Crippen LogP contribution is -2.34. The third-order valence-electron chi connectivity index (χ3n) is 3.87. The Morgan fingerprint density at radius 3 is 2.71 bits per heavy atom. The summed E-state index contributed by atoms with van der Waals surface area (Å²) in [7, 11) is 1.70. The van der Waals surface area contributed by atoms with Gasteiger partial charge < -0.3 is 15.2 Å². The summed E-state index contributed by atoms with van der Waals surface area (Å²) >= 11 is 0. The molecule has 0 saturated heterocycles. The molecule has 2 aliphatic carbocycles. The van der Waals surface area contributed by atoms with Gasteiger partial charge in [-0.15, -0.1) is 0 Å². The van der Waals surface area contributed by atoms with Crippen molar-refractivity contribution in [2.45, 2.75) is 31.8 Å². The molecule has 2 saturated carbocycles. The van der Waals surface area contributed by atoms with Crippen LogP contribution in [0.2, 0.25) is 0 Å². The maximum atomic E-state index is 11.7. The number of nitrogens with one attached hydrogen (secondary N) is 1. The smallest absolute Gasteiger partial charge is 0.307 e. The van der Waals surface area contributed by atoms with E-state index in [9.17, 15) is 9.59 Å². The van der Waals surface area contributed by atoms with Crippen LogP contribution in [0, 0.1) is 17.8 Å². The number of ether oxygens (including phenoxy) is 1. The predicted octanol–water partition coefficient (Wildman–Crippen LogP) is 0.638. The molecule has 0 radical (unpaired) electrons. The predicted molar refractivity (Wildman–Crippen MR) is 60.4 cm³/mol. The Kier molecular flexibility index (Phi) is 3.66. The lowest BCUT2D eigenvalue weighted by Gasteiger charge is -2.18. The molecule has 0 bridgehead atoms. The van der Waals surface area contributed by atoms with E-state index < -0.39 is 11.9 Å². The van der Waals surface area contributed by atoms with Gasteiger partial charge in [-0.3, -0.25) is 9.59 Å². The molecule has 4 atom stereocenters. The van der Waals surface area contributed by atoms with Crippen LogP contribution in [0.5, 0.6) is 0 Å². The molecule has 2 fully saturated rings. The summed E-state index contributed by atoms with van der Waals surface area (Å²) in [5, 5.41) is 11.6. The summed E-state index contributed by atoms with van der Waals surface area (Å²) in [6, 6.07) is 0. The molecule has 0 aliphatic heterocycles. The molecule has 17 heavy (non-hydrogen) atoms. The van der Waals surface area contributed by atoms with Crippen molar-refractivity contribution >= 4 is 11.9 Å². The number of carboxylic acids is 1. The van der Waals surface area contributed by atoms with Gasteiger partial charge in [0.05, 0.1) is 17.9 Å². The van der Waals surface area contributed by atoms with Crippen molar-refractivity contribution in [2.75, 3.05) is 13.7 Å². The molecule has 0 heterocycles. The van der Waals surface area contributed by atoms with E-state index in [1.807, 2.05) is 0 Å². The number of carbonyl (C=O) groups is 2. The van der Waals surface area contributed by atoms with Crippen molar-refractivity contribution in [1.82, 2.24) is 5.32 Å². The minimum absolute atomic E-state index is 0.112. The van der Waals surface area contributed by atoms with Crippen molar-refractivity contribution < 1.29 is 19.4 Å². The van der Waals surface area contributed by atoms with Crippen LogP contribution in [0.25, 0.3) is 0 Å². The fourth-order valence-electron chi connectivity index (χ4n) is 2.67. The molecule has 5 nitrogen and oxygen atoms in total. The summed E-state index contributed by atoms with van der Waals surface area (Å²) in [6.45, 7) is 0.611. The molecule has 0 aromatic heterocycles. The van der Waals surface area contributed by atoms with Crippen molar-refractivity contribution in [3.05, 3.63) is 0 Å². The number of hydrogen-bond acceptors (Lipinski definition) is 3. The van der Waals surface area contributed by atoms with Crippen molar-refractivity contribution in [2.24, 2.45) is 17.8 Å². The fourth-order valence-corrected chi connectivity index (χ4v) is 2.67. The number of methoxy groups -OCH3 is 1. The zero-order chi connectivity index (χ0) is 12.4. The first-order valence-corrected chi connectivity index (χ1v) is 6.16. The van der Waals surface area contributed by atoms with E-state index in [0.717, 1.165) is 19.3 Å². The molecule has 2 rings (SSSR count). The molecule has 96 valence electrons. The van der Waals surface area contributed by atoms with Crippen molar-refractivity contribution in [1.29, 1.82) is 0 Å². The molecule has 1 amide bonds. The van der Waals surface area contributed by atoms with Crippen LogP contribution in [0.15, 0.2) is 0 Å². The van der Waals surface area contributed by atoms with E-state index >= 15 is 0 Å². The van der Waals surface area contributed by atoms with Crippen molar-refractivity contribution in [3.8, 4) is 0 Å². The SMILES string of the molecule is COC1CCCC1CNC(=O)C1CC1C(=O)O. The van der Waals surface area contributed by atoms with E-state index in [1.165, 1.54) is 0 Å². The van der Waals surface area contributed by atoms with Gasteiger partial charge >= 0.3 is 5.97 Å². The molecule has 0 aromatic carbocycles. The van der Waals surface area contributed by atoms with Crippen LogP contribution in [0.4, 0.5) is 0 Å². The fraction of sp³-hybridized carbons (Fsp3) is 0.833. The minimum Gasteiger partial charge on any atom is -0.481 e. The summed E-state index contributed by atoms with van der Waals surface area (Å²) in [6.07, 6.45) is 3.99. The topological polar surface area (TPSA) is 75.6 Å². The van der Waals surface area contributed by atoms with Gasteiger partial charge in [-0.2, -0.15) is 0 Å². The molecule has 4 unspecified atom stereocenters. The number of carbonyl (C=O) groups excluding carboxylic acids is 1. The maximum Gasteiger partial charge on any atom is 0.307 e. The molecule has 5 heteroatoms. The highest BCUT2D eigenvalue weighted by atomic mass is 16.5. The lowest BCUT2D eigenvalue weighted by molar-refractivity contribution is -0.140. The van der Waals surface area contributed by atoms with E-state index in [0.29, 0.717) is 18.9 Å². The quantitative estimate of drug-likeness (QED) is 0.740. The third-order valence-corrected chi connectivity index (χ3v) is 3.87. The van der Waals surface area contributed by atoms with Crippen LogP contribution < -0.4 is 5.32 Å². The van der Waals surface area contributed by atoms with E-state index in [4.69, 9.17) is 9.84 Å². The highest BCUT2D eigenvalue weighted by molar-refractivity contribution is 5.89. The number of aliphatic carboxylic acids is 1. The molecule has 0 spiro atoms. The molecule has 2 aliphatic rings. The zero-order valence-electron chi connectivity index (χ0n) is 10.0. The first-order valence-electron chi connectivity index (χ1n) is 6.16. The second-order valence-electron chi connectivity index (χ2n) is 5.00. The number of carboxylic acid groups (broad SMARTS) is 1. The Hall–Kier alpha value is -1.10. The Morgan fingerprint density at radius 1 is 1.35 bits per heavy atom. The highest BCUT2D eigenvalue weighted by Crippen LogP contribution is 2.38. The minimum atomic E-state index is -0.860. The average Bonchev–Trinajstić information content (AvgIpc) is 2.99. The van der Waals surface area contributed by atoms with Crippen LogP contribution in [0.3, 0.4) is 0 Å². The molecular weight excluding hydrogens is 222 g/mol. The average molecular weight is 241 g/mol. The van der Waals surface area contributed by atoms with Gasteiger partial charge in [-0.1, -0.05) is 6.42 Å². The highest BCUT2D eigenvalue weighted by Gasteiger charge is 2.48. The Balaban J connectivity index is 1.72. The summed E-state index contributed by atoms with van der Waals surface area (Å²) in [4.78, 5) is 22.3. The van der Waals surface area contributed by atoms with E-state index in [2.05, 4.69) is 5.32 Å². The van der Waals surface area contributed by atoms with Gasteiger partial charge in [-0.25, -0.2) is 0 Å². The number of rotatable bonds is 5. The summed E-state index contributed by atoms with van der Waals surface area (Å²) < 4.78 is 5.35. The first-order chi connectivity index (χ1) is 8.13. The normalized spacial score (nSPS) is 35.6. The second-order valence-corrected chi connectivity index (χ2v) is 5.00. The van der Waals surface area contributed by atoms with Gasteiger partial charge in [0.15, 0.2) is 0 Å². The zero-order valence-corrected chi connectivity index (χ0v) is 10.0. The summed E-state index contributed by atoms with van der Waals surface area (Å²) in [5.41, 5.74) is 0. The van der Waals surface area contributed by atoms with Crippen LogP contribution in [0.1, 0.15) is 25.7 Å². The molecule has 2 N–H and O–H groups in total. The Labute approximate surface area is 101 Å². The van der Waals surface area contributed by atoms with E-state index in [1.54, 1.807) is 7.11 Å². The van der Waals surface area contributed by atoms with Crippen LogP contribution in [-0.4, -0.2) is 36.7 Å². The standard InChI is InChI=1S/C12H19NO4/c1-17-10-4-2-3-7(10)6-13-11(14)8-5-9(8)12(15)16/h7-10H,2-6H2,1H3,(H,13,14)(H,15,16). The largest absolute Gasteiger partial charge is 0.481 e. The van der Waals surface area contributed by atoms with Gasteiger partial charge in [-0.05, 0) is 19.3 Å². The summed E-state index contributed by atoms with van der Waals surface area (Å²) in [5.74, 6) is -1.36. The Morgan fingerprint density at radius 2 is 2.12 bits per heavy atom. The van der Waals surface area contributed by atoms with Gasteiger partial charge in [0.25, 0.3) is 0 Å². The van der Waals surface area contributed by atoms with Gasteiger partial charge in [0.1, 0.15) is 0 Å². The lowest BCUT2D eigenvalue weighted by atomic mass is 10.1. The molecular formula is C12H19NO4. The van der Waals surface area contributed by atoms with E-state index in [-0.39, 0.29) is 17.9 Å². The van der Waals surface area contributed by atoms with Gasteiger partial charge in [0.2, 0.25) is 5.91 Å². The third kappa shape index (κ3) is 2.77. The first kappa shape index (κ1) is 12.4. The molecule has 0 aromatic rings. The number of amides is 1. The van der Waals surface area contributed by atoms with Crippen LogP contribution >= 0.6 is 0 Å². The van der Waals surface area contributed by atoms with Gasteiger partial charge in [0, 0.05) is 19.6 Å².